The molecule has 0 bridgehead atoms. The van der Waals surface area contributed by atoms with E-state index in [1.165, 1.54) is 65.7 Å². The average Bonchev–Trinajstić information content (AvgIpc) is 3.43. The van der Waals surface area contributed by atoms with Gasteiger partial charge in [0.1, 0.15) is 0 Å². The molecule has 0 saturated carbocycles. The van der Waals surface area contributed by atoms with Crippen LogP contribution in [0.4, 0.5) is 0 Å². The van der Waals surface area contributed by atoms with Gasteiger partial charge in [0, 0.05) is 22.1 Å². The van der Waals surface area contributed by atoms with Crippen molar-refractivity contribution in [1.29, 1.82) is 0 Å². The summed E-state index contributed by atoms with van der Waals surface area (Å²) in [6.45, 7) is 4.67. The number of hydrogen-bond donors (Lipinski definition) is 0. The van der Waals surface area contributed by atoms with E-state index in [1.807, 2.05) is 6.07 Å². The Morgan fingerprint density at radius 1 is 0.392 bits per heavy atom. The van der Waals surface area contributed by atoms with Crippen LogP contribution in [-0.4, -0.2) is 9.97 Å². The van der Waals surface area contributed by atoms with Gasteiger partial charge in [0.15, 0.2) is 5.82 Å². The van der Waals surface area contributed by atoms with E-state index in [-0.39, 0.29) is 5.41 Å². The van der Waals surface area contributed by atoms with E-state index in [4.69, 9.17) is 9.97 Å². The van der Waals surface area contributed by atoms with E-state index in [0.717, 1.165) is 33.9 Å². The van der Waals surface area contributed by atoms with E-state index in [9.17, 15) is 0 Å². The van der Waals surface area contributed by atoms with E-state index < -0.39 is 0 Å². The topological polar surface area (TPSA) is 25.8 Å². The lowest BCUT2D eigenvalue weighted by atomic mass is 9.79. The van der Waals surface area contributed by atoms with Gasteiger partial charge in [0.25, 0.3) is 0 Å². The fraction of sp³-hybridized carbons (Fsp3) is 0.0612. The molecule has 2 heteroatoms. The van der Waals surface area contributed by atoms with Crippen molar-refractivity contribution in [2.75, 3.05) is 0 Å². The van der Waals surface area contributed by atoms with Crippen LogP contribution in [0.2, 0.25) is 0 Å². The number of aromatic nitrogens is 2. The molecule has 2 nitrogen and oxygen atoms in total. The average molecular weight is 651 g/mol. The Morgan fingerprint density at radius 3 is 1.88 bits per heavy atom. The SMILES string of the molecule is CC1(C)c2ccccc2-c2cccc(-c3cc(-c4ccc(-c5c6ccccc6cc6c5ccc5ccccc56)cc4)nc(-c4ccccc4)n3)c21. The Labute approximate surface area is 297 Å². The number of rotatable bonds is 4. The van der Waals surface area contributed by atoms with E-state index >= 15 is 0 Å². The zero-order valence-corrected chi connectivity index (χ0v) is 28.6. The third-order valence-corrected chi connectivity index (χ3v) is 10.9. The lowest BCUT2D eigenvalue weighted by Crippen LogP contribution is -2.16. The predicted molar refractivity (Wildman–Crippen MR) is 214 cm³/mol. The zero-order chi connectivity index (χ0) is 34.1. The normalized spacial score (nSPS) is 13.1. The Hall–Kier alpha value is -6.38. The van der Waals surface area contributed by atoms with Crippen LogP contribution >= 0.6 is 0 Å². The van der Waals surface area contributed by atoms with Crippen LogP contribution in [0, 0.1) is 0 Å². The first-order valence-corrected chi connectivity index (χ1v) is 17.7. The molecule has 0 saturated heterocycles. The molecule has 1 aliphatic rings. The van der Waals surface area contributed by atoms with Crippen molar-refractivity contribution in [3.05, 3.63) is 181 Å². The van der Waals surface area contributed by atoms with Gasteiger partial charge in [-0.3, -0.25) is 0 Å². The van der Waals surface area contributed by atoms with Crippen molar-refractivity contribution in [2.24, 2.45) is 0 Å². The Kier molecular flexibility index (Phi) is 6.56. The van der Waals surface area contributed by atoms with Crippen LogP contribution in [0.1, 0.15) is 25.0 Å². The van der Waals surface area contributed by atoms with Crippen LogP contribution in [0.5, 0.6) is 0 Å². The highest BCUT2D eigenvalue weighted by Gasteiger charge is 2.37. The Bertz CT molecular complexity index is 2810. The minimum Gasteiger partial charge on any atom is -0.228 e. The van der Waals surface area contributed by atoms with Gasteiger partial charge in [-0.05, 0) is 77.8 Å². The van der Waals surface area contributed by atoms with Gasteiger partial charge in [0.2, 0.25) is 0 Å². The molecule has 0 fully saturated rings. The Morgan fingerprint density at radius 2 is 1.04 bits per heavy atom. The molecule has 1 heterocycles. The molecule has 1 aromatic heterocycles. The van der Waals surface area contributed by atoms with Gasteiger partial charge in [-0.1, -0.05) is 172 Å². The van der Waals surface area contributed by atoms with Crippen LogP contribution in [0.3, 0.4) is 0 Å². The number of hydrogen-bond acceptors (Lipinski definition) is 2. The molecular formula is C49H34N2. The maximum absolute atomic E-state index is 5.25. The van der Waals surface area contributed by atoms with E-state index in [1.54, 1.807) is 0 Å². The molecule has 10 rings (SSSR count). The molecule has 1 aliphatic carbocycles. The molecule has 8 aromatic carbocycles. The molecule has 51 heavy (non-hydrogen) atoms. The number of benzene rings is 8. The van der Waals surface area contributed by atoms with E-state index in [0.29, 0.717) is 0 Å². The minimum absolute atomic E-state index is 0.158. The lowest BCUT2D eigenvalue weighted by Gasteiger charge is -2.24. The summed E-state index contributed by atoms with van der Waals surface area (Å²) in [5.41, 5.74) is 12.6. The molecular weight excluding hydrogens is 617 g/mol. The fourth-order valence-corrected chi connectivity index (χ4v) is 8.45. The fourth-order valence-electron chi connectivity index (χ4n) is 8.45. The predicted octanol–water partition coefficient (Wildman–Crippen LogP) is 12.9. The first-order valence-electron chi connectivity index (χ1n) is 17.7. The second kappa shape index (κ2) is 11.3. The maximum Gasteiger partial charge on any atom is 0.160 e. The van der Waals surface area contributed by atoms with Crippen molar-refractivity contribution >= 4 is 32.3 Å². The standard InChI is InChI=1S/C49H34N2/c1-49(2)43-22-11-10-19-38(43)40-20-12-21-41(47(40)49)45-30-44(50-48(51-45)34-14-4-3-5-15-34)32-23-25-33(26-24-32)46-37-18-9-7-16-35(37)29-42-36-17-8-6-13-31(36)27-28-39(42)46/h3-30H,1-2H3. The van der Waals surface area contributed by atoms with Gasteiger partial charge in [-0.25, -0.2) is 9.97 Å². The van der Waals surface area contributed by atoms with Crippen LogP contribution < -0.4 is 0 Å². The van der Waals surface area contributed by atoms with Gasteiger partial charge in [0.05, 0.1) is 11.4 Å². The molecule has 0 aliphatic heterocycles. The second-order valence-corrected chi connectivity index (χ2v) is 14.2. The van der Waals surface area contributed by atoms with Crippen LogP contribution in [-0.2, 0) is 5.41 Å². The summed E-state index contributed by atoms with van der Waals surface area (Å²) in [6.07, 6.45) is 0. The summed E-state index contributed by atoms with van der Waals surface area (Å²) in [4.78, 5) is 10.4. The number of fused-ring (bicyclic) bond motifs is 7. The monoisotopic (exact) mass is 650 g/mol. The van der Waals surface area contributed by atoms with Gasteiger partial charge < -0.3 is 0 Å². The third kappa shape index (κ3) is 4.64. The van der Waals surface area contributed by atoms with Gasteiger partial charge >= 0.3 is 0 Å². The molecule has 0 unspecified atom stereocenters. The maximum atomic E-state index is 5.25. The van der Waals surface area contributed by atoms with Crippen molar-refractivity contribution in [1.82, 2.24) is 9.97 Å². The molecule has 0 atom stereocenters. The molecule has 240 valence electrons. The van der Waals surface area contributed by atoms with Crippen molar-refractivity contribution < 1.29 is 0 Å². The van der Waals surface area contributed by atoms with Gasteiger partial charge in [-0.2, -0.15) is 0 Å². The molecule has 0 amide bonds. The van der Waals surface area contributed by atoms with Crippen LogP contribution in [0.15, 0.2) is 170 Å². The summed E-state index contributed by atoms with van der Waals surface area (Å²) in [5, 5.41) is 7.57. The Balaban J connectivity index is 1.15. The smallest absolute Gasteiger partial charge is 0.160 e. The lowest BCUT2D eigenvalue weighted by molar-refractivity contribution is 0.662. The molecule has 0 spiro atoms. The largest absolute Gasteiger partial charge is 0.228 e. The summed E-state index contributed by atoms with van der Waals surface area (Å²) >= 11 is 0. The quantitative estimate of drug-likeness (QED) is 0.140. The van der Waals surface area contributed by atoms with Crippen LogP contribution in [0.25, 0.3) is 88.5 Å². The zero-order valence-electron chi connectivity index (χ0n) is 28.6. The van der Waals surface area contributed by atoms with E-state index in [2.05, 4.69) is 178 Å². The number of nitrogens with zero attached hydrogens (tertiary/aromatic N) is 2. The molecule has 0 N–H and O–H groups in total. The molecule has 9 aromatic rings. The highest BCUT2D eigenvalue weighted by Crippen LogP contribution is 2.52. The van der Waals surface area contributed by atoms with Crippen molar-refractivity contribution in [3.63, 3.8) is 0 Å². The first-order chi connectivity index (χ1) is 25.0. The van der Waals surface area contributed by atoms with Crippen molar-refractivity contribution in [2.45, 2.75) is 19.3 Å². The first kappa shape index (κ1) is 29.5. The summed E-state index contributed by atoms with van der Waals surface area (Å²) in [5.74, 6) is 0.727. The summed E-state index contributed by atoms with van der Waals surface area (Å²) in [6, 6.07) is 61.2. The van der Waals surface area contributed by atoms with Gasteiger partial charge in [-0.15, -0.1) is 0 Å². The molecule has 0 radical (unpaired) electrons. The second-order valence-electron chi connectivity index (χ2n) is 14.2. The highest BCUT2D eigenvalue weighted by atomic mass is 14.9. The summed E-state index contributed by atoms with van der Waals surface area (Å²) < 4.78 is 0. The summed E-state index contributed by atoms with van der Waals surface area (Å²) in [7, 11) is 0. The minimum atomic E-state index is -0.158. The highest BCUT2D eigenvalue weighted by molar-refractivity contribution is 6.20. The third-order valence-electron chi connectivity index (χ3n) is 10.9. The van der Waals surface area contributed by atoms with Crippen molar-refractivity contribution in [3.8, 4) is 56.2 Å².